The molecule has 0 saturated carbocycles. The Bertz CT molecular complexity index is 732. The SMILES string of the molecule is CO[C@H]1[C@@H](O)[C@H](n2ccc(NC(C)=O)nc2=O)O[C@@H]1COP(C)(=O)O. The van der Waals surface area contributed by atoms with Gasteiger partial charge in [0.1, 0.15) is 24.1 Å². The van der Waals surface area contributed by atoms with Gasteiger partial charge in [-0.05, 0) is 6.07 Å². The van der Waals surface area contributed by atoms with Crippen LogP contribution in [0.1, 0.15) is 13.2 Å². The van der Waals surface area contributed by atoms with Crippen LogP contribution >= 0.6 is 7.60 Å². The summed E-state index contributed by atoms with van der Waals surface area (Å²) < 4.78 is 27.8. The van der Waals surface area contributed by atoms with Crippen molar-refractivity contribution in [2.45, 2.75) is 31.5 Å². The third-order valence-corrected chi connectivity index (χ3v) is 4.10. The summed E-state index contributed by atoms with van der Waals surface area (Å²) in [6.45, 7) is 1.99. The molecule has 0 radical (unpaired) electrons. The zero-order valence-electron chi connectivity index (χ0n) is 13.9. The average molecular weight is 377 g/mol. The van der Waals surface area contributed by atoms with E-state index in [9.17, 15) is 24.2 Å². The Morgan fingerprint density at radius 1 is 1.56 bits per heavy atom. The largest absolute Gasteiger partial charge is 0.386 e. The molecular formula is C13H20N3O8P. The minimum atomic E-state index is -3.73. The second-order valence-corrected chi connectivity index (χ2v) is 7.40. The molecule has 0 aromatic carbocycles. The quantitative estimate of drug-likeness (QED) is 0.547. The third-order valence-electron chi connectivity index (χ3n) is 3.47. The fourth-order valence-corrected chi connectivity index (χ4v) is 2.87. The highest BCUT2D eigenvalue weighted by atomic mass is 31.2. The molecule has 0 aliphatic carbocycles. The van der Waals surface area contributed by atoms with E-state index in [0.29, 0.717) is 0 Å². The van der Waals surface area contributed by atoms with E-state index in [1.165, 1.54) is 26.3 Å². The maximum absolute atomic E-state index is 12.1. The van der Waals surface area contributed by atoms with Gasteiger partial charge in [-0.1, -0.05) is 0 Å². The van der Waals surface area contributed by atoms with Crippen molar-refractivity contribution < 1.29 is 33.4 Å². The number of carbonyl (C=O) groups is 1. The van der Waals surface area contributed by atoms with E-state index in [2.05, 4.69) is 10.3 Å². The van der Waals surface area contributed by atoms with Crippen LogP contribution in [0.5, 0.6) is 0 Å². The molecule has 1 unspecified atom stereocenters. The highest BCUT2D eigenvalue weighted by Crippen LogP contribution is 2.39. The molecule has 3 N–H and O–H groups in total. The first-order chi connectivity index (χ1) is 11.6. The Balaban J connectivity index is 2.20. The van der Waals surface area contributed by atoms with Crippen LogP contribution < -0.4 is 11.0 Å². The van der Waals surface area contributed by atoms with Gasteiger partial charge in [0.05, 0.1) is 6.61 Å². The Morgan fingerprint density at radius 3 is 2.76 bits per heavy atom. The van der Waals surface area contributed by atoms with Crippen LogP contribution in [0.25, 0.3) is 0 Å². The van der Waals surface area contributed by atoms with Crippen LogP contribution in [0.4, 0.5) is 5.82 Å². The van der Waals surface area contributed by atoms with Crippen molar-refractivity contribution in [3.8, 4) is 0 Å². The molecule has 2 rings (SSSR count). The van der Waals surface area contributed by atoms with Crippen LogP contribution in [0, 0.1) is 0 Å². The molecule has 0 bridgehead atoms. The molecule has 1 saturated heterocycles. The van der Waals surface area contributed by atoms with E-state index in [1.54, 1.807) is 0 Å². The molecule has 25 heavy (non-hydrogen) atoms. The summed E-state index contributed by atoms with van der Waals surface area (Å²) in [4.78, 5) is 36.0. The Hall–Kier alpha value is -1.62. The van der Waals surface area contributed by atoms with E-state index < -0.39 is 37.8 Å². The summed E-state index contributed by atoms with van der Waals surface area (Å²) in [5.74, 6) is -0.317. The topological polar surface area (TPSA) is 149 Å². The number of carbonyl (C=O) groups excluding carboxylic acids is 1. The van der Waals surface area contributed by atoms with Crippen molar-refractivity contribution in [2.75, 3.05) is 25.7 Å². The average Bonchev–Trinajstić information content (AvgIpc) is 2.80. The van der Waals surface area contributed by atoms with Gasteiger partial charge < -0.3 is 29.3 Å². The molecule has 1 aromatic heterocycles. The number of aliphatic hydroxyl groups is 1. The summed E-state index contributed by atoms with van der Waals surface area (Å²) in [7, 11) is -2.40. The number of aliphatic hydroxyl groups excluding tert-OH is 1. The summed E-state index contributed by atoms with van der Waals surface area (Å²) in [6.07, 6.45) is -2.80. The molecule has 140 valence electrons. The van der Waals surface area contributed by atoms with Crippen molar-refractivity contribution >= 4 is 19.3 Å². The Morgan fingerprint density at radius 2 is 2.24 bits per heavy atom. The molecule has 0 spiro atoms. The Labute approximate surface area is 143 Å². The molecule has 11 nitrogen and oxygen atoms in total. The molecule has 5 atom stereocenters. The molecule has 1 aliphatic heterocycles. The maximum atomic E-state index is 12.1. The number of methoxy groups -OCH3 is 1. The number of aromatic nitrogens is 2. The molecule has 12 heteroatoms. The lowest BCUT2D eigenvalue weighted by molar-refractivity contribution is -0.114. The molecule has 1 aliphatic rings. The fourth-order valence-electron chi connectivity index (χ4n) is 2.44. The van der Waals surface area contributed by atoms with Crippen LogP contribution in [0.15, 0.2) is 17.1 Å². The lowest BCUT2D eigenvalue weighted by Crippen LogP contribution is -2.37. The third kappa shape index (κ3) is 4.94. The van der Waals surface area contributed by atoms with Gasteiger partial charge in [0.25, 0.3) is 0 Å². The summed E-state index contributed by atoms with van der Waals surface area (Å²) in [5.41, 5.74) is -0.755. The zero-order valence-corrected chi connectivity index (χ0v) is 14.8. The minimum Gasteiger partial charge on any atom is -0.386 e. The maximum Gasteiger partial charge on any atom is 0.351 e. The number of ether oxygens (including phenoxy) is 2. The molecule has 1 amide bonds. The normalized spacial score (nSPS) is 28.5. The van der Waals surface area contributed by atoms with Crippen LogP contribution in [0.2, 0.25) is 0 Å². The van der Waals surface area contributed by atoms with Crippen molar-refractivity contribution in [3.05, 3.63) is 22.7 Å². The van der Waals surface area contributed by atoms with Gasteiger partial charge in [-0.2, -0.15) is 4.98 Å². The summed E-state index contributed by atoms with van der Waals surface area (Å²) in [6, 6.07) is 1.37. The van der Waals surface area contributed by atoms with E-state index in [-0.39, 0.29) is 18.3 Å². The molecule has 1 aromatic rings. The van der Waals surface area contributed by atoms with E-state index in [0.717, 1.165) is 11.2 Å². The van der Waals surface area contributed by atoms with Gasteiger partial charge in [-0.25, -0.2) is 4.79 Å². The summed E-state index contributed by atoms with van der Waals surface area (Å²) >= 11 is 0. The van der Waals surface area contributed by atoms with E-state index >= 15 is 0 Å². The van der Waals surface area contributed by atoms with Crippen molar-refractivity contribution in [2.24, 2.45) is 0 Å². The monoisotopic (exact) mass is 377 g/mol. The van der Waals surface area contributed by atoms with E-state index in [1.807, 2.05) is 0 Å². The molecule has 2 heterocycles. The number of hydrogen-bond donors (Lipinski definition) is 3. The second-order valence-electron chi connectivity index (χ2n) is 5.54. The predicted molar refractivity (Wildman–Crippen MR) is 85.2 cm³/mol. The van der Waals surface area contributed by atoms with Gasteiger partial charge in [-0.15, -0.1) is 0 Å². The van der Waals surface area contributed by atoms with Crippen molar-refractivity contribution in [1.29, 1.82) is 0 Å². The zero-order chi connectivity index (χ0) is 18.8. The lowest BCUT2D eigenvalue weighted by Gasteiger charge is -2.19. The highest BCUT2D eigenvalue weighted by Gasteiger charge is 2.46. The van der Waals surface area contributed by atoms with Gasteiger partial charge in [0.15, 0.2) is 6.23 Å². The fraction of sp³-hybridized carbons (Fsp3) is 0.615. The second kappa shape index (κ2) is 7.73. The first-order valence-electron chi connectivity index (χ1n) is 7.30. The minimum absolute atomic E-state index is 0.0663. The first-order valence-corrected chi connectivity index (χ1v) is 9.33. The number of hydrogen-bond acceptors (Lipinski definition) is 8. The summed E-state index contributed by atoms with van der Waals surface area (Å²) in [5, 5.41) is 12.7. The smallest absolute Gasteiger partial charge is 0.351 e. The molecule has 1 fully saturated rings. The van der Waals surface area contributed by atoms with Crippen molar-refractivity contribution in [3.63, 3.8) is 0 Å². The van der Waals surface area contributed by atoms with Crippen LogP contribution in [-0.4, -0.2) is 64.2 Å². The highest BCUT2D eigenvalue weighted by molar-refractivity contribution is 7.51. The number of anilines is 1. The van der Waals surface area contributed by atoms with E-state index in [4.69, 9.17) is 14.0 Å². The van der Waals surface area contributed by atoms with Gasteiger partial charge in [0.2, 0.25) is 5.91 Å². The number of nitrogens with zero attached hydrogens (tertiary/aromatic N) is 2. The lowest BCUT2D eigenvalue weighted by atomic mass is 10.1. The standard InChI is InChI=1S/C13H20N3O8P/c1-7(17)14-9-4-5-16(13(19)15-9)12-10(18)11(22-2)8(24-12)6-23-25(3,20)21/h4-5,8,10-12,18H,6H2,1-3H3,(H,20,21)(H,14,15,17,19)/t8-,10-,11-,12-/m1/s1. The number of nitrogens with one attached hydrogen (secondary N) is 1. The number of amides is 1. The number of rotatable bonds is 6. The van der Waals surface area contributed by atoms with Gasteiger partial charge in [-0.3, -0.25) is 13.9 Å². The van der Waals surface area contributed by atoms with Crippen LogP contribution in [0.3, 0.4) is 0 Å². The molecular weight excluding hydrogens is 357 g/mol. The Kier molecular flexibility index (Phi) is 6.09. The predicted octanol–water partition coefficient (Wildman–Crippen LogP) is -0.693. The van der Waals surface area contributed by atoms with Gasteiger partial charge in [0, 0.05) is 26.9 Å². The van der Waals surface area contributed by atoms with Crippen molar-refractivity contribution in [1.82, 2.24) is 9.55 Å². The first kappa shape index (κ1) is 19.7. The van der Waals surface area contributed by atoms with Crippen LogP contribution in [-0.2, 0) is 23.4 Å². The van der Waals surface area contributed by atoms with Gasteiger partial charge >= 0.3 is 13.3 Å².